The Morgan fingerprint density at radius 3 is 2.62 bits per heavy atom. The lowest BCUT2D eigenvalue weighted by Crippen LogP contribution is -2.50. The summed E-state index contributed by atoms with van der Waals surface area (Å²) in [7, 11) is 2.19. The molecular weight excluding hydrogens is 260 g/mol. The minimum absolute atomic E-state index is 0.137. The highest BCUT2D eigenvalue weighted by Crippen LogP contribution is 2.20. The third-order valence-electron chi connectivity index (χ3n) is 3.95. The van der Waals surface area contributed by atoms with Crippen molar-refractivity contribution in [3.8, 4) is 0 Å². The highest BCUT2D eigenvalue weighted by atomic mass is 15.3. The highest BCUT2D eigenvalue weighted by molar-refractivity contribution is 5.44. The third-order valence-corrected chi connectivity index (χ3v) is 3.95. The highest BCUT2D eigenvalue weighted by Gasteiger charge is 2.23. The molecule has 2 heterocycles. The average molecular weight is 290 g/mol. The lowest BCUT2D eigenvalue weighted by Gasteiger charge is -2.39. The number of pyridine rings is 1. The fraction of sp³-hybridized carbons (Fsp3) is 0.706. The van der Waals surface area contributed by atoms with E-state index in [0.717, 1.165) is 37.7 Å². The molecule has 1 aromatic rings. The molecule has 0 amide bonds. The van der Waals surface area contributed by atoms with E-state index in [1.807, 2.05) is 0 Å². The summed E-state index contributed by atoms with van der Waals surface area (Å²) in [6.45, 7) is 15.1. The van der Waals surface area contributed by atoms with Crippen molar-refractivity contribution >= 4 is 5.82 Å². The molecule has 2 rings (SSSR count). The van der Waals surface area contributed by atoms with Crippen LogP contribution in [0.15, 0.2) is 12.1 Å². The van der Waals surface area contributed by atoms with E-state index < -0.39 is 0 Å². The van der Waals surface area contributed by atoms with E-state index in [2.05, 4.69) is 68.9 Å². The summed E-state index contributed by atoms with van der Waals surface area (Å²) in [5.41, 5.74) is 2.56. The second-order valence-corrected chi connectivity index (χ2v) is 7.38. The van der Waals surface area contributed by atoms with Gasteiger partial charge in [-0.05, 0) is 59.4 Å². The molecule has 0 saturated carbocycles. The molecule has 0 bridgehead atoms. The maximum atomic E-state index is 4.76. The van der Waals surface area contributed by atoms with Gasteiger partial charge in [0.2, 0.25) is 0 Å². The fourth-order valence-corrected chi connectivity index (χ4v) is 2.82. The maximum absolute atomic E-state index is 4.76. The van der Waals surface area contributed by atoms with Gasteiger partial charge in [-0.1, -0.05) is 0 Å². The average Bonchev–Trinajstić information content (AvgIpc) is 2.35. The van der Waals surface area contributed by atoms with Gasteiger partial charge in [0, 0.05) is 43.5 Å². The second kappa shape index (κ2) is 6.32. The molecule has 1 unspecified atom stereocenters. The van der Waals surface area contributed by atoms with Crippen LogP contribution in [-0.2, 0) is 6.54 Å². The third kappa shape index (κ3) is 4.68. The van der Waals surface area contributed by atoms with E-state index >= 15 is 0 Å². The lowest BCUT2D eigenvalue weighted by atomic mass is 10.1. The molecule has 0 aliphatic carbocycles. The van der Waals surface area contributed by atoms with Crippen LogP contribution in [-0.4, -0.2) is 48.1 Å². The fourth-order valence-electron chi connectivity index (χ4n) is 2.82. The summed E-state index contributed by atoms with van der Waals surface area (Å²) in [4.78, 5) is 9.58. The first kappa shape index (κ1) is 16.2. The summed E-state index contributed by atoms with van der Waals surface area (Å²) in [5.74, 6) is 1.13. The van der Waals surface area contributed by atoms with Crippen LogP contribution in [0.3, 0.4) is 0 Å². The van der Waals surface area contributed by atoms with E-state index in [9.17, 15) is 0 Å². The number of rotatable bonds is 3. The van der Waals surface area contributed by atoms with E-state index in [1.54, 1.807) is 0 Å². The summed E-state index contributed by atoms with van der Waals surface area (Å²) >= 11 is 0. The van der Waals surface area contributed by atoms with Crippen LogP contribution in [0, 0.1) is 6.92 Å². The molecule has 1 aliphatic rings. The zero-order valence-electron chi connectivity index (χ0n) is 14.4. The molecule has 1 aliphatic heterocycles. The van der Waals surface area contributed by atoms with Gasteiger partial charge in [-0.2, -0.15) is 0 Å². The van der Waals surface area contributed by atoms with E-state index in [4.69, 9.17) is 4.98 Å². The Kier molecular flexibility index (Phi) is 4.89. The molecule has 21 heavy (non-hydrogen) atoms. The van der Waals surface area contributed by atoms with Gasteiger partial charge < -0.3 is 15.1 Å². The van der Waals surface area contributed by atoms with Gasteiger partial charge in [0.15, 0.2) is 0 Å². The topological polar surface area (TPSA) is 31.4 Å². The van der Waals surface area contributed by atoms with Crippen molar-refractivity contribution in [1.29, 1.82) is 0 Å². The minimum Gasteiger partial charge on any atom is -0.351 e. The van der Waals surface area contributed by atoms with Gasteiger partial charge in [0.25, 0.3) is 0 Å². The Balaban J connectivity index is 2.15. The Morgan fingerprint density at radius 1 is 1.29 bits per heavy atom. The molecule has 4 nitrogen and oxygen atoms in total. The predicted molar refractivity (Wildman–Crippen MR) is 89.9 cm³/mol. The number of nitrogens with zero attached hydrogens (tertiary/aromatic N) is 3. The Labute approximate surface area is 129 Å². The van der Waals surface area contributed by atoms with E-state index in [-0.39, 0.29) is 5.54 Å². The number of anilines is 1. The Bertz CT molecular complexity index is 478. The first-order valence-electron chi connectivity index (χ1n) is 7.92. The Hall–Kier alpha value is -1.13. The smallest absolute Gasteiger partial charge is 0.129 e. The number of hydrogen-bond donors (Lipinski definition) is 1. The van der Waals surface area contributed by atoms with Crippen LogP contribution in [0.5, 0.6) is 0 Å². The van der Waals surface area contributed by atoms with Crippen LogP contribution in [0.2, 0.25) is 0 Å². The van der Waals surface area contributed by atoms with Crippen molar-refractivity contribution < 1.29 is 0 Å². The van der Waals surface area contributed by atoms with Gasteiger partial charge >= 0.3 is 0 Å². The molecule has 0 radical (unpaired) electrons. The normalized spacial score (nSPS) is 20.9. The van der Waals surface area contributed by atoms with E-state index in [0.29, 0.717) is 6.04 Å². The second-order valence-electron chi connectivity index (χ2n) is 7.38. The molecule has 0 aromatic carbocycles. The number of aryl methyl sites for hydroxylation is 1. The molecule has 1 aromatic heterocycles. The number of hydrogen-bond acceptors (Lipinski definition) is 4. The molecular formula is C17H30N4. The van der Waals surface area contributed by atoms with Gasteiger partial charge in [0.1, 0.15) is 5.82 Å². The summed E-state index contributed by atoms with van der Waals surface area (Å²) < 4.78 is 0. The van der Waals surface area contributed by atoms with Gasteiger partial charge in [-0.15, -0.1) is 0 Å². The van der Waals surface area contributed by atoms with Crippen LogP contribution in [0.4, 0.5) is 5.82 Å². The standard InChI is InChI=1S/C17H30N4/c1-13-9-15(11-18-17(3,4)5)10-16(19-13)21-8-7-20(6)12-14(21)2/h9-10,14,18H,7-8,11-12H2,1-6H3. The molecule has 1 saturated heterocycles. The van der Waals surface area contributed by atoms with Crippen LogP contribution in [0.25, 0.3) is 0 Å². The zero-order valence-corrected chi connectivity index (χ0v) is 14.4. The number of aromatic nitrogens is 1. The van der Waals surface area contributed by atoms with Crippen LogP contribution >= 0.6 is 0 Å². The summed E-state index contributed by atoms with van der Waals surface area (Å²) in [6, 6.07) is 4.94. The first-order valence-corrected chi connectivity index (χ1v) is 7.92. The number of nitrogens with one attached hydrogen (secondary N) is 1. The van der Waals surface area contributed by atoms with Gasteiger partial charge in [0.05, 0.1) is 0 Å². The summed E-state index contributed by atoms with van der Waals surface area (Å²) in [5, 5.41) is 3.56. The van der Waals surface area contributed by atoms with E-state index in [1.165, 1.54) is 5.56 Å². The lowest BCUT2D eigenvalue weighted by molar-refractivity contribution is 0.274. The van der Waals surface area contributed by atoms with Crippen molar-refractivity contribution in [3.05, 3.63) is 23.4 Å². The first-order chi connectivity index (χ1) is 9.74. The van der Waals surface area contributed by atoms with Crippen molar-refractivity contribution in [2.75, 3.05) is 31.6 Å². The summed E-state index contributed by atoms with van der Waals surface area (Å²) in [6.07, 6.45) is 0. The van der Waals surface area contributed by atoms with Gasteiger partial charge in [-0.3, -0.25) is 0 Å². The monoisotopic (exact) mass is 290 g/mol. The molecule has 1 N–H and O–H groups in total. The SMILES string of the molecule is Cc1cc(CNC(C)(C)C)cc(N2CCN(C)CC2C)n1. The van der Waals surface area contributed by atoms with Crippen LogP contribution in [0.1, 0.15) is 39.0 Å². The molecule has 4 heteroatoms. The zero-order chi connectivity index (χ0) is 15.6. The van der Waals surface area contributed by atoms with Crippen molar-refractivity contribution in [2.24, 2.45) is 0 Å². The van der Waals surface area contributed by atoms with Crippen LogP contribution < -0.4 is 10.2 Å². The Morgan fingerprint density at radius 2 is 2.00 bits per heavy atom. The number of likely N-dealkylation sites (N-methyl/N-ethyl adjacent to an activating group) is 1. The maximum Gasteiger partial charge on any atom is 0.129 e. The molecule has 118 valence electrons. The molecule has 1 fully saturated rings. The van der Waals surface area contributed by atoms with Crippen molar-refractivity contribution in [3.63, 3.8) is 0 Å². The minimum atomic E-state index is 0.137. The largest absolute Gasteiger partial charge is 0.351 e. The number of piperazine rings is 1. The molecule has 1 atom stereocenters. The van der Waals surface area contributed by atoms with Gasteiger partial charge in [-0.25, -0.2) is 4.98 Å². The quantitative estimate of drug-likeness (QED) is 0.926. The van der Waals surface area contributed by atoms with Crippen molar-refractivity contribution in [2.45, 2.75) is 52.7 Å². The molecule has 0 spiro atoms. The van der Waals surface area contributed by atoms with Crippen molar-refractivity contribution in [1.82, 2.24) is 15.2 Å². The predicted octanol–water partition coefficient (Wildman–Crippen LogP) is 2.42.